The first-order chi connectivity index (χ1) is 13.8. The number of hydrogen-bond acceptors (Lipinski definition) is 5. The lowest BCUT2D eigenvalue weighted by atomic mass is 10.1. The summed E-state index contributed by atoms with van der Waals surface area (Å²) >= 11 is 5.83. The highest BCUT2D eigenvalue weighted by atomic mass is 35.5. The van der Waals surface area contributed by atoms with Crippen molar-refractivity contribution >= 4 is 17.5 Å². The summed E-state index contributed by atoms with van der Waals surface area (Å²) in [5.74, 6) is -1.24. The number of methoxy groups -OCH3 is 1. The fourth-order valence-electron chi connectivity index (χ4n) is 2.77. The maximum atomic E-state index is 14.5. The van der Waals surface area contributed by atoms with E-state index in [-0.39, 0.29) is 34.5 Å². The van der Waals surface area contributed by atoms with E-state index in [0.29, 0.717) is 5.69 Å². The van der Waals surface area contributed by atoms with Gasteiger partial charge in [-0.1, -0.05) is 11.6 Å². The lowest BCUT2D eigenvalue weighted by Gasteiger charge is -2.14. The Labute approximate surface area is 170 Å². The molecule has 0 aliphatic heterocycles. The summed E-state index contributed by atoms with van der Waals surface area (Å²) in [6.45, 7) is 2.01. The molecule has 0 aliphatic rings. The summed E-state index contributed by atoms with van der Waals surface area (Å²) in [5.41, 5.74) is -0.291. The van der Waals surface area contributed by atoms with Crippen LogP contribution in [-0.2, 0) is 11.8 Å². The lowest BCUT2D eigenvalue weighted by molar-refractivity contribution is 0.0903. The molecule has 1 N–H and O–H groups in total. The number of carbonyl (C=O) groups excluding carboxylic acids is 1. The molecule has 0 radical (unpaired) electrons. The minimum absolute atomic E-state index is 0.103. The number of carbonyl (C=O) groups is 1. The Morgan fingerprint density at radius 2 is 2.14 bits per heavy atom. The highest BCUT2D eigenvalue weighted by Gasteiger charge is 2.20. The highest BCUT2D eigenvalue weighted by Crippen LogP contribution is 2.24. The molecule has 2 heterocycles. The number of amides is 1. The molecule has 1 aromatic carbocycles. The molecule has 3 aromatic rings. The minimum atomic E-state index is -0.654. The summed E-state index contributed by atoms with van der Waals surface area (Å²) < 4.78 is 22.0. The molecule has 8 nitrogen and oxygen atoms in total. The number of hydrogen-bond donors (Lipinski definition) is 1. The molecule has 1 amide bonds. The molecule has 0 saturated heterocycles. The van der Waals surface area contributed by atoms with E-state index in [1.807, 2.05) is 0 Å². The molecular formula is C19H19ClFN5O3. The molecule has 152 valence electrons. The van der Waals surface area contributed by atoms with Crippen molar-refractivity contribution in [2.75, 3.05) is 13.7 Å². The molecule has 2 aromatic heterocycles. The van der Waals surface area contributed by atoms with Gasteiger partial charge in [0.25, 0.3) is 11.5 Å². The van der Waals surface area contributed by atoms with Crippen LogP contribution in [0.3, 0.4) is 0 Å². The largest absolute Gasteiger partial charge is 0.383 e. The van der Waals surface area contributed by atoms with Crippen molar-refractivity contribution in [2.24, 2.45) is 7.05 Å². The topological polar surface area (TPSA) is 91.0 Å². The van der Waals surface area contributed by atoms with Gasteiger partial charge in [0.1, 0.15) is 17.1 Å². The van der Waals surface area contributed by atoms with E-state index in [9.17, 15) is 14.0 Å². The maximum absolute atomic E-state index is 14.5. The second kappa shape index (κ2) is 8.54. The van der Waals surface area contributed by atoms with Crippen molar-refractivity contribution in [2.45, 2.75) is 13.0 Å². The van der Waals surface area contributed by atoms with Gasteiger partial charge in [-0.15, -0.1) is 0 Å². The first-order valence-electron chi connectivity index (χ1n) is 8.68. The highest BCUT2D eigenvalue weighted by molar-refractivity contribution is 6.30. The zero-order valence-corrected chi connectivity index (χ0v) is 16.8. The quantitative estimate of drug-likeness (QED) is 0.661. The third-order valence-electron chi connectivity index (χ3n) is 4.09. The molecule has 0 aliphatic carbocycles. The fourth-order valence-corrected chi connectivity index (χ4v) is 2.93. The lowest BCUT2D eigenvalue weighted by Crippen LogP contribution is -2.39. The van der Waals surface area contributed by atoms with Gasteiger partial charge < -0.3 is 10.1 Å². The molecule has 3 rings (SSSR count). The van der Waals surface area contributed by atoms with Crippen LogP contribution in [0.5, 0.6) is 0 Å². The molecule has 29 heavy (non-hydrogen) atoms. The Balaban J connectivity index is 2.17. The SMILES string of the molecule is COC[C@H](C)NC(=O)c1cc(-c2ccc(Cl)cc2F)nn(-c2cnn(C)c2)c1=O. The van der Waals surface area contributed by atoms with Gasteiger partial charge in [0.05, 0.1) is 24.7 Å². The Bertz CT molecular complexity index is 1110. The average molecular weight is 420 g/mol. The van der Waals surface area contributed by atoms with Crippen molar-refractivity contribution in [3.05, 3.63) is 63.4 Å². The van der Waals surface area contributed by atoms with Crippen LogP contribution in [0.15, 0.2) is 41.5 Å². The Kier molecular flexibility index (Phi) is 6.09. The van der Waals surface area contributed by atoms with Crippen LogP contribution >= 0.6 is 11.6 Å². The van der Waals surface area contributed by atoms with Crippen LogP contribution in [0.4, 0.5) is 4.39 Å². The van der Waals surface area contributed by atoms with Gasteiger partial charge >= 0.3 is 0 Å². The van der Waals surface area contributed by atoms with E-state index in [2.05, 4.69) is 15.5 Å². The van der Waals surface area contributed by atoms with Crippen LogP contribution in [0.25, 0.3) is 16.9 Å². The third kappa shape index (κ3) is 4.52. The number of ether oxygens (including phenoxy) is 1. The van der Waals surface area contributed by atoms with Crippen LogP contribution in [0.2, 0.25) is 5.02 Å². The van der Waals surface area contributed by atoms with E-state index < -0.39 is 17.3 Å². The average Bonchev–Trinajstić information content (AvgIpc) is 3.08. The van der Waals surface area contributed by atoms with Crippen LogP contribution in [0.1, 0.15) is 17.3 Å². The predicted molar refractivity (Wildman–Crippen MR) is 106 cm³/mol. The number of benzene rings is 1. The normalized spacial score (nSPS) is 12.0. The molecular weight excluding hydrogens is 401 g/mol. The monoisotopic (exact) mass is 419 g/mol. The number of halogens is 2. The standard InChI is InChI=1S/C19H19ClFN5O3/c1-11(10-29-3)23-18(27)15-7-17(14-5-4-12(20)6-16(14)21)24-26(19(15)28)13-8-22-25(2)9-13/h4-9,11H,10H2,1-3H3,(H,23,27)/t11-/m0/s1. The Morgan fingerprint density at radius 1 is 1.38 bits per heavy atom. The molecule has 0 bridgehead atoms. The number of nitrogens with zero attached hydrogens (tertiary/aromatic N) is 4. The fraction of sp³-hybridized carbons (Fsp3) is 0.263. The van der Waals surface area contributed by atoms with Crippen molar-refractivity contribution in [1.29, 1.82) is 0 Å². The summed E-state index contributed by atoms with van der Waals surface area (Å²) in [6, 6.07) is 5.01. The number of rotatable bonds is 6. The molecule has 10 heteroatoms. The van der Waals surface area contributed by atoms with Gasteiger partial charge in [0, 0.05) is 30.8 Å². The molecule has 0 unspecified atom stereocenters. The van der Waals surface area contributed by atoms with Crippen LogP contribution in [-0.4, -0.2) is 45.2 Å². The summed E-state index contributed by atoms with van der Waals surface area (Å²) in [6.07, 6.45) is 2.98. The van der Waals surface area contributed by atoms with Gasteiger partial charge in [0.15, 0.2) is 0 Å². The van der Waals surface area contributed by atoms with Gasteiger partial charge in [0.2, 0.25) is 0 Å². The Hall–Kier alpha value is -3.04. The second-order valence-electron chi connectivity index (χ2n) is 6.49. The first-order valence-corrected chi connectivity index (χ1v) is 9.06. The van der Waals surface area contributed by atoms with E-state index in [1.165, 1.54) is 36.2 Å². The smallest absolute Gasteiger partial charge is 0.284 e. The molecule has 0 fully saturated rings. The van der Waals surface area contributed by atoms with Crippen molar-refractivity contribution in [1.82, 2.24) is 24.9 Å². The van der Waals surface area contributed by atoms with Crippen LogP contribution < -0.4 is 10.9 Å². The number of nitrogens with one attached hydrogen (secondary N) is 1. The van der Waals surface area contributed by atoms with E-state index in [1.54, 1.807) is 20.2 Å². The van der Waals surface area contributed by atoms with Crippen LogP contribution in [0, 0.1) is 5.82 Å². The van der Waals surface area contributed by atoms with Crippen molar-refractivity contribution in [3.8, 4) is 16.9 Å². The van der Waals surface area contributed by atoms with E-state index >= 15 is 0 Å². The van der Waals surface area contributed by atoms with Gasteiger partial charge in [-0.25, -0.2) is 4.39 Å². The Morgan fingerprint density at radius 3 is 2.76 bits per heavy atom. The minimum Gasteiger partial charge on any atom is -0.383 e. The summed E-state index contributed by atoms with van der Waals surface area (Å²) in [7, 11) is 3.18. The number of aryl methyl sites for hydroxylation is 1. The third-order valence-corrected chi connectivity index (χ3v) is 4.33. The van der Waals surface area contributed by atoms with Crippen molar-refractivity contribution in [3.63, 3.8) is 0 Å². The summed E-state index contributed by atoms with van der Waals surface area (Å²) in [4.78, 5) is 25.7. The zero-order valence-electron chi connectivity index (χ0n) is 16.0. The van der Waals surface area contributed by atoms with Gasteiger partial charge in [-0.05, 0) is 31.2 Å². The van der Waals surface area contributed by atoms with Gasteiger partial charge in [-0.2, -0.15) is 14.9 Å². The number of aromatic nitrogens is 4. The molecule has 0 saturated carbocycles. The van der Waals surface area contributed by atoms with E-state index in [0.717, 1.165) is 10.7 Å². The first kappa shape index (κ1) is 20.7. The molecule has 1 atom stereocenters. The summed E-state index contributed by atoms with van der Waals surface area (Å²) in [5, 5.41) is 11.2. The maximum Gasteiger partial charge on any atom is 0.284 e. The van der Waals surface area contributed by atoms with E-state index in [4.69, 9.17) is 16.3 Å². The predicted octanol–water partition coefficient (Wildman–Crippen LogP) is 2.19. The molecule has 0 spiro atoms. The van der Waals surface area contributed by atoms with Gasteiger partial charge in [-0.3, -0.25) is 14.3 Å². The second-order valence-corrected chi connectivity index (χ2v) is 6.92. The van der Waals surface area contributed by atoms with Crippen molar-refractivity contribution < 1.29 is 13.9 Å². The zero-order chi connectivity index (χ0) is 21.1.